The molecule has 1 atom stereocenters. The van der Waals surface area contributed by atoms with Gasteiger partial charge in [-0.1, -0.05) is 24.3 Å². The van der Waals surface area contributed by atoms with Crippen LogP contribution >= 0.6 is 0 Å². The fraction of sp³-hybridized carbons (Fsp3) is 0.286. The van der Waals surface area contributed by atoms with Crippen molar-refractivity contribution < 1.29 is 19.4 Å². The van der Waals surface area contributed by atoms with E-state index >= 15 is 0 Å². The van der Waals surface area contributed by atoms with E-state index in [1.165, 1.54) is 16.7 Å². The van der Waals surface area contributed by atoms with Gasteiger partial charge in [0.05, 0.1) is 36.9 Å². The van der Waals surface area contributed by atoms with Crippen molar-refractivity contribution in [3.63, 3.8) is 0 Å². The first-order valence-corrected chi connectivity index (χ1v) is 11.5. The first kappa shape index (κ1) is 22.0. The number of carboxylic acid groups (broad SMARTS) is 1. The predicted molar refractivity (Wildman–Crippen MR) is 131 cm³/mol. The fourth-order valence-corrected chi connectivity index (χ4v) is 4.92. The van der Waals surface area contributed by atoms with Gasteiger partial charge in [0, 0.05) is 17.5 Å². The number of carboxylic acids is 1. The first-order valence-electron chi connectivity index (χ1n) is 11.5. The van der Waals surface area contributed by atoms with Gasteiger partial charge >= 0.3 is 5.97 Å². The van der Waals surface area contributed by atoms with Crippen LogP contribution in [-0.2, 0) is 17.6 Å². The number of imidazole rings is 1. The Morgan fingerprint density at radius 1 is 1.15 bits per heavy atom. The molecule has 174 valence electrons. The number of rotatable bonds is 7. The third-order valence-electron chi connectivity index (χ3n) is 6.75. The molecule has 0 bridgehead atoms. The van der Waals surface area contributed by atoms with Gasteiger partial charge < -0.3 is 14.6 Å². The Morgan fingerprint density at radius 2 is 2.00 bits per heavy atom. The van der Waals surface area contributed by atoms with Gasteiger partial charge in [-0.25, -0.2) is 4.98 Å². The predicted octanol–water partition coefficient (Wildman–Crippen LogP) is 5.39. The molecule has 6 nitrogen and oxygen atoms in total. The average Bonchev–Trinajstić information content (AvgIpc) is 3.37. The van der Waals surface area contributed by atoms with E-state index in [0.717, 1.165) is 52.4 Å². The third-order valence-corrected chi connectivity index (χ3v) is 6.75. The van der Waals surface area contributed by atoms with Crippen molar-refractivity contribution in [2.24, 2.45) is 0 Å². The summed E-state index contributed by atoms with van der Waals surface area (Å²) in [7, 11) is 1.68. The minimum Gasteiger partial charge on any atom is -0.497 e. The van der Waals surface area contributed by atoms with Gasteiger partial charge in [-0.2, -0.15) is 0 Å². The lowest BCUT2D eigenvalue weighted by atomic mass is 9.94. The zero-order valence-corrected chi connectivity index (χ0v) is 19.7. The summed E-state index contributed by atoms with van der Waals surface area (Å²) in [5.74, 6) is 1.72. The number of carbonyl (C=O) groups is 1. The number of ether oxygens (including phenoxy) is 2. The summed E-state index contributed by atoms with van der Waals surface area (Å²) >= 11 is 0. The number of aryl methyl sites for hydroxylation is 3. The second-order valence-corrected chi connectivity index (χ2v) is 8.89. The molecule has 1 aromatic heterocycles. The lowest BCUT2D eigenvalue weighted by Crippen LogP contribution is -2.07. The second kappa shape index (κ2) is 8.86. The zero-order valence-electron chi connectivity index (χ0n) is 19.7. The molecule has 1 N–H and O–H groups in total. The smallest absolute Gasteiger partial charge is 0.304 e. The molecule has 6 heteroatoms. The highest BCUT2D eigenvalue weighted by Gasteiger charge is 2.26. The highest BCUT2D eigenvalue weighted by Crippen LogP contribution is 2.37. The number of aliphatic carboxylic acids is 1. The van der Waals surface area contributed by atoms with Crippen LogP contribution in [-0.4, -0.2) is 34.3 Å². The van der Waals surface area contributed by atoms with E-state index < -0.39 is 5.97 Å². The van der Waals surface area contributed by atoms with Gasteiger partial charge in [0.25, 0.3) is 0 Å². The molecule has 5 rings (SSSR count). The van der Waals surface area contributed by atoms with E-state index in [1.54, 1.807) is 7.11 Å². The Bertz CT molecular complexity index is 1390. The van der Waals surface area contributed by atoms with Crippen LogP contribution < -0.4 is 9.47 Å². The van der Waals surface area contributed by atoms with Gasteiger partial charge in [-0.15, -0.1) is 0 Å². The quantitative estimate of drug-likeness (QED) is 0.404. The van der Waals surface area contributed by atoms with Crippen molar-refractivity contribution in [2.45, 2.75) is 39.0 Å². The molecule has 0 unspecified atom stereocenters. The molecule has 0 saturated heterocycles. The zero-order chi connectivity index (χ0) is 23.8. The minimum atomic E-state index is -0.791. The fourth-order valence-electron chi connectivity index (χ4n) is 4.92. The van der Waals surface area contributed by atoms with Crippen molar-refractivity contribution in [2.75, 3.05) is 13.7 Å². The van der Waals surface area contributed by atoms with Crippen molar-refractivity contribution in [1.29, 1.82) is 0 Å². The summed E-state index contributed by atoms with van der Waals surface area (Å²) in [6, 6.07) is 18.6. The summed E-state index contributed by atoms with van der Waals surface area (Å²) in [5.41, 5.74) is 7.81. The summed E-state index contributed by atoms with van der Waals surface area (Å²) in [6.45, 7) is 4.63. The molecule has 2 heterocycles. The first-order chi connectivity index (χ1) is 16.4. The Balaban J connectivity index is 1.40. The molecule has 1 aliphatic rings. The second-order valence-electron chi connectivity index (χ2n) is 8.89. The Morgan fingerprint density at radius 3 is 2.79 bits per heavy atom. The van der Waals surface area contributed by atoms with Crippen LogP contribution in [0.2, 0.25) is 0 Å². The molecule has 4 aromatic rings. The number of hydrogen-bond acceptors (Lipinski definition) is 4. The van der Waals surface area contributed by atoms with Crippen LogP contribution in [0, 0.1) is 13.8 Å². The number of nitrogens with zero attached hydrogens (tertiary/aromatic N) is 2. The third kappa shape index (κ3) is 4.00. The van der Waals surface area contributed by atoms with Crippen LogP contribution in [0.1, 0.15) is 40.4 Å². The Kier molecular flexibility index (Phi) is 5.74. The van der Waals surface area contributed by atoms with Crippen molar-refractivity contribution in [3.8, 4) is 17.2 Å². The highest BCUT2D eigenvalue weighted by atomic mass is 16.5. The molecular formula is C28H28N2O4. The number of hydrogen-bond donors (Lipinski definition) is 1. The lowest BCUT2D eigenvalue weighted by molar-refractivity contribution is -0.137. The maximum Gasteiger partial charge on any atom is 0.304 e. The van der Waals surface area contributed by atoms with E-state index in [0.29, 0.717) is 6.61 Å². The minimum absolute atomic E-state index is 0.0626. The van der Waals surface area contributed by atoms with Gasteiger partial charge in [-0.05, 0) is 67.6 Å². The number of fused-ring (bicyclic) bond motifs is 2. The molecule has 0 amide bonds. The summed E-state index contributed by atoms with van der Waals surface area (Å²) < 4.78 is 13.4. The van der Waals surface area contributed by atoms with Crippen LogP contribution in [0.3, 0.4) is 0 Å². The van der Waals surface area contributed by atoms with E-state index in [9.17, 15) is 4.79 Å². The summed E-state index contributed by atoms with van der Waals surface area (Å²) in [5, 5.41) is 9.12. The lowest BCUT2D eigenvalue weighted by Gasteiger charge is -2.15. The van der Waals surface area contributed by atoms with Crippen LogP contribution in [0.15, 0.2) is 54.6 Å². The molecule has 0 saturated carbocycles. The molecule has 34 heavy (non-hydrogen) atoms. The molecular weight excluding hydrogens is 428 g/mol. The van der Waals surface area contributed by atoms with Crippen molar-refractivity contribution in [3.05, 3.63) is 82.7 Å². The number of benzene rings is 3. The largest absolute Gasteiger partial charge is 0.497 e. The van der Waals surface area contributed by atoms with Crippen LogP contribution in [0.5, 0.6) is 11.5 Å². The maximum absolute atomic E-state index is 11.1. The van der Waals surface area contributed by atoms with Gasteiger partial charge in [-0.3, -0.25) is 9.36 Å². The van der Waals surface area contributed by atoms with E-state index in [4.69, 9.17) is 19.6 Å². The highest BCUT2D eigenvalue weighted by molar-refractivity contribution is 5.80. The monoisotopic (exact) mass is 456 g/mol. The summed E-state index contributed by atoms with van der Waals surface area (Å²) in [4.78, 5) is 15.8. The van der Waals surface area contributed by atoms with E-state index in [2.05, 4.69) is 41.8 Å². The number of aromatic nitrogens is 2. The Hall–Kier alpha value is -3.80. The standard InChI is InChI=1S/C28H28N2O4/c1-17-20(9-7-19-8-11-23-21(14-28(31)32)16-34-27(23)13-19)5-4-6-25(17)30-18(2)29-24-12-10-22(33-3)15-26(24)30/h4-6,8,10-13,15,21H,7,9,14,16H2,1-3H3,(H,31,32)/t21-/m1/s1. The van der Waals surface area contributed by atoms with Gasteiger partial charge in [0.1, 0.15) is 17.3 Å². The van der Waals surface area contributed by atoms with E-state index in [-0.39, 0.29) is 12.3 Å². The molecule has 0 aliphatic carbocycles. The van der Waals surface area contributed by atoms with Crippen LogP contribution in [0.25, 0.3) is 16.7 Å². The molecule has 0 fully saturated rings. The topological polar surface area (TPSA) is 73.6 Å². The van der Waals surface area contributed by atoms with Crippen LogP contribution in [0.4, 0.5) is 0 Å². The van der Waals surface area contributed by atoms with Crippen molar-refractivity contribution in [1.82, 2.24) is 9.55 Å². The number of methoxy groups -OCH3 is 1. The van der Waals surface area contributed by atoms with Crippen molar-refractivity contribution >= 4 is 17.0 Å². The van der Waals surface area contributed by atoms with E-state index in [1.807, 2.05) is 31.2 Å². The Labute approximate surface area is 198 Å². The van der Waals surface area contributed by atoms with Gasteiger partial charge in [0.2, 0.25) is 0 Å². The average molecular weight is 457 g/mol. The molecule has 0 spiro atoms. The molecule has 0 radical (unpaired) electrons. The normalized spacial score (nSPS) is 14.7. The molecule has 1 aliphatic heterocycles. The van der Waals surface area contributed by atoms with Gasteiger partial charge in [0.15, 0.2) is 0 Å². The molecule has 3 aromatic carbocycles. The SMILES string of the molecule is COc1ccc2nc(C)n(-c3cccc(CCc4ccc5c(c4)OC[C@H]5CC(=O)O)c3C)c2c1. The maximum atomic E-state index is 11.1. The summed E-state index contributed by atoms with van der Waals surface area (Å²) in [6.07, 6.45) is 1.88.